The Bertz CT molecular complexity index is 1080. The van der Waals surface area contributed by atoms with Gasteiger partial charge in [0.25, 0.3) is 5.91 Å². The van der Waals surface area contributed by atoms with Gasteiger partial charge in [0.2, 0.25) is 5.91 Å². The number of likely N-dealkylation sites (N-methyl/N-ethyl adjacent to an activating group) is 1. The number of amides is 2. The van der Waals surface area contributed by atoms with E-state index in [1.807, 2.05) is 44.2 Å². The van der Waals surface area contributed by atoms with Gasteiger partial charge in [-0.05, 0) is 55.6 Å². The van der Waals surface area contributed by atoms with E-state index in [0.717, 1.165) is 24.1 Å². The molecule has 0 saturated heterocycles. The van der Waals surface area contributed by atoms with Crippen LogP contribution in [0.2, 0.25) is 0 Å². The predicted octanol–water partition coefficient (Wildman–Crippen LogP) is 4.99. The molecule has 0 spiro atoms. The van der Waals surface area contributed by atoms with Gasteiger partial charge in [-0.1, -0.05) is 57.0 Å². The lowest BCUT2D eigenvalue weighted by atomic mass is 9.75. The average Bonchev–Trinajstić information content (AvgIpc) is 3.56. The van der Waals surface area contributed by atoms with Crippen LogP contribution in [0.4, 0.5) is 0 Å². The largest absolute Gasteiger partial charge is 0.354 e. The van der Waals surface area contributed by atoms with Gasteiger partial charge in [0.05, 0.1) is 6.04 Å². The maximum Gasteiger partial charge on any atom is 0.268 e. The van der Waals surface area contributed by atoms with E-state index in [0.29, 0.717) is 35.6 Å². The van der Waals surface area contributed by atoms with Gasteiger partial charge in [-0.15, -0.1) is 0 Å². The molecule has 2 aliphatic carbocycles. The smallest absolute Gasteiger partial charge is 0.268 e. The highest BCUT2D eigenvalue weighted by molar-refractivity contribution is 6.05. The maximum atomic E-state index is 13.5. The molecule has 1 heterocycles. The number of H-pyrrole nitrogens is 1. The zero-order valence-electron chi connectivity index (χ0n) is 21.0. The molecule has 2 atom stereocenters. The molecule has 2 amide bonds. The molecular formula is C28H37N3O3. The van der Waals surface area contributed by atoms with E-state index in [4.69, 9.17) is 0 Å². The third-order valence-electron chi connectivity index (χ3n) is 7.50. The molecule has 2 aliphatic rings. The van der Waals surface area contributed by atoms with Crippen LogP contribution < -0.4 is 5.32 Å². The monoisotopic (exact) mass is 463 g/mol. The Kier molecular flexibility index (Phi) is 6.70. The van der Waals surface area contributed by atoms with E-state index in [9.17, 15) is 14.4 Å². The number of rotatable bonds is 8. The summed E-state index contributed by atoms with van der Waals surface area (Å²) >= 11 is 0. The van der Waals surface area contributed by atoms with Crippen LogP contribution in [0.5, 0.6) is 0 Å². The first-order valence-corrected chi connectivity index (χ1v) is 12.4. The molecule has 0 radical (unpaired) electrons. The Morgan fingerprint density at radius 2 is 1.85 bits per heavy atom. The van der Waals surface area contributed by atoms with Crippen LogP contribution in [-0.4, -0.2) is 40.6 Å². The van der Waals surface area contributed by atoms with Gasteiger partial charge >= 0.3 is 0 Å². The molecule has 6 nitrogen and oxygen atoms in total. The minimum absolute atomic E-state index is 0.0804. The number of aromatic amines is 1. The SMILES string of the molecule is Cc1c(C(=O)N[C@H](CCC2CC2)C(=O)N(C)[C@@H](C)c2ccccc2)[nH]c2c1C(=O)CC(C)(C)C2. The van der Waals surface area contributed by atoms with E-state index in [1.165, 1.54) is 12.8 Å². The summed E-state index contributed by atoms with van der Waals surface area (Å²) in [6.07, 6.45) is 5.15. The Morgan fingerprint density at radius 3 is 2.50 bits per heavy atom. The van der Waals surface area contributed by atoms with E-state index in [-0.39, 0.29) is 29.1 Å². The zero-order valence-corrected chi connectivity index (χ0v) is 21.0. The molecule has 1 aromatic carbocycles. The number of fused-ring (bicyclic) bond motifs is 1. The lowest BCUT2D eigenvalue weighted by Gasteiger charge is -2.30. The second-order valence-electron chi connectivity index (χ2n) is 11.0. The van der Waals surface area contributed by atoms with Gasteiger partial charge in [0.1, 0.15) is 11.7 Å². The average molecular weight is 464 g/mol. The highest BCUT2D eigenvalue weighted by atomic mass is 16.2. The number of benzene rings is 1. The lowest BCUT2D eigenvalue weighted by molar-refractivity contribution is -0.134. The number of nitrogens with one attached hydrogen (secondary N) is 2. The molecule has 6 heteroatoms. The topological polar surface area (TPSA) is 82.3 Å². The van der Waals surface area contributed by atoms with E-state index < -0.39 is 6.04 Å². The molecular weight excluding hydrogens is 426 g/mol. The fourth-order valence-electron chi connectivity index (χ4n) is 5.15. The van der Waals surface area contributed by atoms with Gasteiger partial charge in [-0.3, -0.25) is 14.4 Å². The predicted molar refractivity (Wildman–Crippen MR) is 133 cm³/mol. The second-order valence-corrected chi connectivity index (χ2v) is 11.0. The number of nitrogens with zero attached hydrogens (tertiary/aromatic N) is 1. The van der Waals surface area contributed by atoms with Crippen LogP contribution in [0, 0.1) is 18.3 Å². The van der Waals surface area contributed by atoms with Gasteiger partial charge in [0.15, 0.2) is 5.78 Å². The number of ketones is 1. The molecule has 0 aliphatic heterocycles. The molecule has 1 fully saturated rings. The first kappa shape index (κ1) is 24.2. The summed E-state index contributed by atoms with van der Waals surface area (Å²) in [7, 11) is 1.80. The zero-order chi connectivity index (χ0) is 24.6. The third-order valence-corrected chi connectivity index (χ3v) is 7.50. The molecule has 0 unspecified atom stereocenters. The Morgan fingerprint density at radius 1 is 1.18 bits per heavy atom. The van der Waals surface area contributed by atoms with Crippen molar-refractivity contribution >= 4 is 17.6 Å². The van der Waals surface area contributed by atoms with E-state index in [2.05, 4.69) is 24.1 Å². The summed E-state index contributed by atoms with van der Waals surface area (Å²) in [5, 5.41) is 3.02. The molecule has 1 aromatic heterocycles. The molecule has 4 rings (SSSR count). The van der Waals surface area contributed by atoms with Crippen molar-refractivity contribution < 1.29 is 14.4 Å². The first-order chi connectivity index (χ1) is 16.1. The van der Waals surface area contributed by atoms with Crippen LogP contribution in [0.3, 0.4) is 0 Å². The van der Waals surface area contributed by atoms with Crippen molar-refractivity contribution in [3.05, 3.63) is 58.4 Å². The summed E-state index contributed by atoms with van der Waals surface area (Å²) in [5.74, 6) is 0.337. The third kappa shape index (κ3) is 5.11. The van der Waals surface area contributed by atoms with Crippen LogP contribution in [0.25, 0.3) is 0 Å². The lowest BCUT2D eigenvalue weighted by Crippen LogP contribution is -2.48. The van der Waals surface area contributed by atoms with Gasteiger partial charge in [-0.25, -0.2) is 0 Å². The van der Waals surface area contributed by atoms with E-state index in [1.54, 1.807) is 11.9 Å². The first-order valence-electron chi connectivity index (χ1n) is 12.4. The summed E-state index contributed by atoms with van der Waals surface area (Å²) < 4.78 is 0. The van der Waals surface area contributed by atoms with Gasteiger partial charge < -0.3 is 15.2 Å². The van der Waals surface area contributed by atoms with Crippen molar-refractivity contribution in [1.29, 1.82) is 0 Å². The van der Waals surface area contributed by atoms with Gasteiger partial charge in [0, 0.05) is 24.7 Å². The van der Waals surface area contributed by atoms with Crippen molar-refractivity contribution in [2.75, 3.05) is 7.05 Å². The Hall–Kier alpha value is -2.89. The van der Waals surface area contributed by atoms with Crippen molar-refractivity contribution in [2.24, 2.45) is 11.3 Å². The summed E-state index contributed by atoms with van der Waals surface area (Å²) in [4.78, 5) is 44.6. The quantitative estimate of drug-likeness (QED) is 0.579. The highest BCUT2D eigenvalue weighted by Gasteiger charge is 2.36. The second kappa shape index (κ2) is 9.40. The minimum atomic E-state index is -0.601. The van der Waals surface area contributed by atoms with Crippen LogP contribution in [0.1, 0.15) is 96.6 Å². The van der Waals surface area contributed by atoms with Crippen LogP contribution in [0.15, 0.2) is 30.3 Å². The summed E-state index contributed by atoms with van der Waals surface area (Å²) in [6.45, 7) is 7.97. The van der Waals surface area contributed by atoms with Crippen molar-refractivity contribution in [3.63, 3.8) is 0 Å². The van der Waals surface area contributed by atoms with E-state index >= 15 is 0 Å². The molecule has 0 bridgehead atoms. The number of hydrogen-bond donors (Lipinski definition) is 2. The normalized spacial score (nSPS) is 18.7. The molecule has 182 valence electrons. The molecule has 34 heavy (non-hydrogen) atoms. The minimum Gasteiger partial charge on any atom is -0.354 e. The number of hydrogen-bond acceptors (Lipinski definition) is 3. The Balaban J connectivity index is 1.53. The number of aromatic nitrogens is 1. The number of Topliss-reactive ketones (excluding diaryl/α,β-unsaturated/α-hetero) is 1. The summed E-state index contributed by atoms with van der Waals surface area (Å²) in [6, 6.07) is 9.21. The van der Waals surface area contributed by atoms with Crippen molar-refractivity contribution in [1.82, 2.24) is 15.2 Å². The highest BCUT2D eigenvalue weighted by Crippen LogP contribution is 2.37. The molecule has 2 N–H and O–H groups in total. The fraction of sp³-hybridized carbons (Fsp3) is 0.536. The Labute approximate surface area is 202 Å². The van der Waals surface area contributed by atoms with Crippen LogP contribution in [-0.2, 0) is 11.2 Å². The van der Waals surface area contributed by atoms with Gasteiger partial charge in [-0.2, -0.15) is 0 Å². The molecule has 1 saturated carbocycles. The number of carbonyl (C=O) groups is 3. The summed E-state index contributed by atoms with van der Waals surface area (Å²) in [5.41, 5.74) is 3.50. The van der Waals surface area contributed by atoms with Crippen LogP contribution >= 0.6 is 0 Å². The molecule has 2 aromatic rings. The number of carbonyl (C=O) groups excluding carboxylic acids is 3. The maximum absolute atomic E-state index is 13.5. The fourth-order valence-corrected chi connectivity index (χ4v) is 5.15. The van der Waals surface area contributed by atoms with Crippen molar-refractivity contribution in [3.8, 4) is 0 Å². The standard InChI is InChI=1S/C28H37N3O3/c1-17-24-22(15-28(3,4)16-23(24)32)29-25(17)26(33)30-21(14-13-19-11-12-19)27(34)31(5)18(2)20-9-7-6-8-10-20/h6-10,18-19,21,29H,11-16H2,1-5H3,(H,30,33)/t18-,21+/m0/s1. The van der Waals surface area contributed by atoms with Crippen molar-refractivity contribution in [2.45, 2.75) is 78.3 Å².